The molecule has 5 nitrogen and oxygen atoms in total. The summed E-state index contributed by atoms with van der Waals surface area (Å²) in [5.74, 6) is 0.916. The van der Waals surface area contributed by atoms with E-state index in [0.717, 1.165) is 22.4 Å². The van der Waals surface area contributed by atoms with Crippen LogP contribution in [0.2, 0.25) is 0 Å². The highest BCUT2D eigenvalue weighted by atomic mass is 79.9. The second-order valence-electron chi connectivity index (χ2n) is 4.56. The lowest BCUT2D eigenvalue weighted by atomic mass is 10.3. The van der Waals surface area contributed by atoms with Gasteiger partial charge in [-0.1, -0.05) is 0 Å². The summed E-state index contributed by atoms with van der Waals surface area (Å²) in [6.45, 7) is 4.67. The molecule has 0 bridgehead atoms. The first kappa shape index (κ1) is 16.0. The zero-order valence-corrected chi connectivity index (χ0v) is 14.6. The molecule has 114 valence electrons. The smallest absolute Gasteiger partial charge is 0.137 e. The van der Waals surface area contributed by atoms with E-state index in [1.807, 2.05) is 18.5 Å². The van der Waals surface area contributed by atoms with E-state index >= 15 is 0 Å². The van der Waals surface area contributed by atoms with Crippen LogP contribution in [-0.2, 0) is 23.1 Å². The lowest BCUT2D eigenvalue weighted by Gasteiger charge is -2.10. The van der Waals surface area contributed by atoms with Crippen molar-refractivity contribution in [3.05, 3.63) is 34.1 Å². The number of aryl methyl sites for hydroxylation is 2. The summed E-state index contributed by atoms with van der Waals surface area (Å²) in [5, 5.41) is 4.42. The zero-order valence-electron chi connectivity index (χ0n) is 12.2. The van der Waals surface area contributed by atoms with Crippen LogP contribution < -0.4 is 10.5 Å². The molecule has 2 N–H and O–H groups in total. The van der Waals surface area contributed by atoms with Crippen molar-refractivity contribution in [3.8, 4) is 5.75 Å². The summed E-state index contributed by atoms with van der Waals surface area (Å²) in [4.78, 5) is 0.639. The van der Waals surface area contributed by atoms with Crippen molar-refractivity contribution in [2.75, 3.05) is 12.8 Å². The Morgan fingerprint density at radius 3 is 2.81 bits per heavy atom. The molecule has 1 heterocycles. The fraction of sp³-hybridized carbons (Fsp3) is 0.357. The van der Waals surface area contributed by atoms with Gasteiger partial charge in [-0.3, -0.25) is 8.89 Å². The van der Waals surface area contributed by atoms with Gasteiger partial charge < -0.3 is 10.5 Å². The van der Waals surface area contributed by atoms with E-state index < -0.39 is 10.8 Å². The van der Waals surface area contributed by atoms with Crippen molar-refractivity contribution in [1.82, 2.24) is 9.78 Å². The molecular weight excluding hydrogens is 354 g/mol. The molecule has 0 amide bonds. The number of anilines is 1. The molecule has 0 saturated carbocycles. The zero-order chi connectivity index (χ0) is 15.6. The monoisotopic (exact) mass is 371 g/mol. The van der Waals surface area contributed by atoms with Crippen molar-refractivity contribution in [3.63, 3.8) is 0 Å². The van der Waals surface area contributed by atoms with E-state index in [-0.39, 0.29) is 0 Å². The maximum absolute atomic E-state index is 12.7. The molecule has 0 aliphatic heterocycles. The topological polar surface area (TPSA) is 70.1 Å². The molecule has 1 aromatic heterocycles. The largest absolute Gasteiger partial charge is 0.495 e. The molecule has 0 aliphatic carbocycles. The van der Waals surface area contributed by atoms with Gasteiger partial charge in [0.15, 0.2) is 0 Å². The Kier molecular flexibility index (Phi) is 5.05. The third-order valence-corrected chi connectivity index (χ3v) is 5.55. The molecule has 1 unspecified atom stereocenters. The number of methoxy groups -OCH3 is 1. The van der Waals surface area contributed by atoms with Gasteiger partial charge >= 0.3 is 0 Å². The molecule has 2 rings (SSSR count). The number of hydrogen-bond acceptors (Lipinski definition) is 4. The Hall–Kier alpha value is -1.34. The van der Waals surface area contributed by atoms with E-state index in [0.29, 0.717) is 22.1 Å². The van der Waals surface area contributed by atoms with Crippen LogP contribution in [0.25, 0.3) is 0 Å². The number of rotatable bonds is 5. The number of aromatic nitrogens is 2. The van der Waals surface area contributed by atoms with Gasteiger partial charge in [0, 0.05) is 18.3 Å². The minimum absolute atomic E-state index is 0.371. The summed E-state index contributed by atoms with van der Waals surface area (Å²) >= 11 is 3.52. The van der Waals surface area contributed by atoms with E-state index in [1.54, 1.807) is 25.3 Å². The number of nitrogen functional groups attached to an aromatic ring is 1. The minimum atomic E-state index is -1.23. The van der Waals surface area contributed by atoms with Crippen LogP contribution in [0.3, 0.4) is 0 Å². The Morgan fingerprint density at radius 2 is 2.19 bits per heavy atom. The molecule has 1 aromatic carbocycles. The van der Waals surface area contributed by atoms with Gasteiger partial charge in [0.05, 0.1) is 44.4 Å². The van der Waals surface area contributed by atoms with Crippen molar-refractivity contribution >= 4 is 32.4 Å². The van der Waals surface area contributed by atoms with Crippen molar-refractivity contribution in [2.45, 2.75) is 31.0 Å². The molecule has 7 heteroatoms. The highest BCUT2D eigenvalue weighted by molar-refractivity contribution is 9.10. The molecule has 0 aliphatic rings. The summed E-state index contributed by atoms with van der Waals surface area (Å²) in [5.41, 5.74) is 8.13. The highest BCUT2D eigenvalue weighted by Crippen LogP contribution is 2.29. The van der Waals surface area contributed by atoms with Gasteiger partial charge in [0.2, 0.25) is 0 Å². The predicted molar refractivity (Wildman–Crippen MR) is 87.9 cm³/mol. The van der Waals surface area contributed by atoms with Crippen LogP contribution >= 0.6 is 15.9 Å². The van der Waals surface area contributed by atoms with Crippen LogP contribution in [0.1, 0.15) is 18.3 Å². The third kappa shape index (κ3) is 3.29. The Labute approximate surface area is 135 Å². The van der Waals surface area contributed by atoms with Gasteiger partial charge in [-0.05, 0) is 41.9 Å². The minimum Gasteiger partial charge on any atom is -0.495 e. The summed E-state index contributed by atoms with van der Waals surface area (Å²) in [6, 6.07) is 5.16. The van der Waals surface area contributed by atoms with E-state index in [2.05, 4.69) is 21.0 Å². The van der Waals surface area contributed by atoms with Crippen LogP contribution in [-0.4, -0.2) is 21.1 Å². The predicted octanol–water partition coefficient (Wildman–Crippen LogP) is 2.87. The molecule has 0 fully saturated rings. The van der Waals surface area contributed by atoms with Crippen LogP contribution in [0.5, 0.6) is 5.75 Å². The molecule has 0 saturated heterocycles. The van der Waals surface area contributed by atoms with E-state index in [4.69, 9.17) is 10.5 Å². The standard InChI is InChI=1S/C14H18BrN3O2S/c1-4-18-11(14(15)9(2)17-18)8-21(19)13-6-5-10(16)7-12(13)20-3/h5-7H,4,8,16H2,1-3H3. The fourth-order valence-electron chi connectivity index (χ4n) is 2.08. The van der Waals surface area contributed by atoms with E-state index in [9.17, 15) is 4.21 Å². The van der Waals surface area contributed by atoms with Crippen molar-refractivity contribution < 1.29 is 8.95 Å². The quantitative estimate of drug-likeness (QED) is 0.820. The maximum atomic E-state index is 12.7. The number of ether oxygens (including phenoxy) is 1. The highest BCUT2D eigenvalue weighted by Gasteiger charge is 2.18. The van der Waals surface area contributed by atoms with Gasteiger partial charge in [-0.2, -0.15) is 5.10 Å². The van der Waals surface area contributed by atoms with Crippen LogP contribution in [0.15, 0.2) is 27.6 Å². The molecule has 0 spiro atoms. The second-order valence-corrected chi connectivity index (χ2v) is 6.77. The second kappa shape index (κ2) is 6.62. The van der Waals surface area contributed by atoms with Gasteiger partial charge in [-0.25, -0.2) is 0 Å². The lowest BCUT2D eigenvalue weighted by Crippen LogP contribution is -2.07. The van der Waals surface area contributed by atoms with E-state index in [1.165, 1.54) is 0 Å². The first-order valence-corrected chi connectivity index (χ1v) is 8.62. The number of hydrogen-bond donors (Lipinski definition) is 1. The Morgan fingerprint density at radius 1 is 1.48 bits per heavy atom. The maximum Gasteiger partial charge on any atom is 0.137 e. The number of benzene rings is 1. The Balaban J connectivity index is 2.35. The Bertz CT molecular complexity index is 685. The molecule has 2 aromatic rings. The van der Waals surface area contributed by atoms with Crippen LogP contribution in [0.4, 0.5) is 5.69 Å². The third-order valence-electron chi connectivity index (χ3n) is 3.15. The van der Waals surface area contributed by atoms with Gasteiger partial charge in [0.1, 0.15) is 5.75 Å². The molecule has 21 heavy (non-hydrogen) atoms. The molecule has 0 radical (unpaired) electrons. The average molecular weight is 372 g/mol. The van der Waals surface area contributed by atoms with Gasteiger partial charge in [-0.15, -0.1) is 0 Å². The SMILES string of the molecule is CCn1nc(C)c(Br)c1CS(=O)c1ccc(N)cc1OC. The first-order valence-electron chi connectivity index (χ1n) is 6.51. The summed E-state index contributed by atoms with van der Waals surface area (Å²) in [6.07, 6.45) is 0. The van der Waals surface area contributed by atoms with Gasteiger partial charge in [0.25, 0.3) is 0 Å². The number of halogens is 1. The molecular formula is C14H18BrN3O2S. The number of nitrogens with two attached hydrogens (primary N) is 1. The first-order chi connectivity index (χ1) is 9.97. The van der Waals surface area contributed by atoms with Crippen LogP contribution in [0, 0.1) is 6.92 Å². The normalized spacial score (nSPS) is 12.4. The summed E-state index contributed by atoms with van der Waals surface area (Å²) in [7, 11) is 0.313. The fourth-order valence-corrected chi connectivity index (χ4v) is 3.97. The molecule has 1 atom stereocenters. The number of nitrogens with zero attached hydrogens (tertiary/aromatic N) is 2. The van der Waals surface area contributed by atoms with Crippen molar-refractivity contribution in [2.24, 2.45) is 0 Å². The van der Waals surface area contributed by atoms with Crippen molar-refractivity contribution in [1.29, 1.82) is 0 Å². The summed E-state index contributed by atoms with van der Waals surface area (Å²) < 4.78 is 20.7. The lowest BCUT2D eigenvalue weighted by molar-refractivity contribution is 0.404. The average Bonchev–Trinajstić information content (AvgIpc) is 2.74.